The van der Waals surface area contributed by atoms with Gasteiger partial charge < -0.3 is 9.47 Å². The molecule has 0 aliphatic carbocycles. The zero-order valence-corrected chi connectivity index (χ0v) is 12.7. The van der Waals surface area contributed by atoms with Gasteiger partial charge in [-0.1, -0.05) is 24.3 Å². The predicted octanol–water partition coefficient (Wildman–Crippen LogP) is 4.90. The Morgan fingerprint density at radius 3 is 1.81 bits per heavy atom. The highest BCUT2D eigenvalue weighted by atomic mass is 32.1. The van der Waals surface area contributed by atoms with Crippen molar-refractivity contribution >= 4 is 11.3 Å². The molecule has 21 heavy (non-hydrogen) atoms. The standard InChI is InChI=1S/C18H15O2S/c1-19-15-7-3-13(4-8-15)17-11-21-12-18(17)14-5-9-16(20-2)10-6-14/h3-11H,1-2H3. The molecule has 0 N–H and O–H groups in total. The zero-order valence-electron chi connectivity index (χ0n) is 11.9. The first kappa shape index (κ1) is 13.7. The lowest BCUT2D eigenvalue weighted by Gasteiger charge is -2.07. The number of methoxy groups -OCH3 is 2. The number of rotatable bonds is 4. The Labute approximate surface area is 128 Å². The number of benzene rings is 2. The average Bonchev–Trinajstić information content (AvgIpc) is 3.04. The van der Waals surface area contributed by atoms with Crippen LogP contribution in [0, 0.1) is 5.38 Å². The van der Waals surface area contributed by atoms with Crippen LogP contribution in [0.25, 0.3) is 22.3 Å². The van der Waals surface area contributed by atoms with Crippen LogP contribution in [0.1, 0.15) is 0 Å². The third kappa shape index (κ3) is 2.78. The number of thiophene rings is 1. The molecule has 0 saturated heterocycles. The van der Waals surface area contributed by atoms with Crippen molar-refractivity contribution in [3.63, 3.8) is 0 Å². The molecule has 0 amide bonds. The van der Waals surface area contributed by atoms with Crippen molar-refractivity contribution in [3.8, 4) is 33.8 Å². The molecule has 2 nitrogen and oxygen atoms in total. The molecule has 1 heterocycles. The van der Waals surface area contributed by atoms with Crippen LogP contribution in [0.4, 0.5) is 0 Å². The van der Waals surface area contributed by atoms with Gasteiger partial charge in [0, 0.05) is 11.1 Å². The molecular weight excluding hydrogens is 280 g/mol. The fraction of sp³-hybridized carbons (Fsp3) is 0.111. The van der Waals surface area contributed by atoms with Gasteiger partial charge in [-0.25, -0.2) is 0 Å². The summed E-state index contributed by atoms with van der Waals surface area (Å²) in [6, 6.07) is 16.2. The first-order chi connectivity index (χ1) is 10.3. The third-order valence-corrected chi connectivity index (χ3v) is 4.06. The highest BCUT2D eigenvalue weighted by Crippen LogP contribution is 2.35. The number of hydrogen-bond donors (Lipinski definition) is 0. The maximum atomic E-state index is 5.21. The lowest BCUT2D eigenvalue weighted by Crippen LogP contribution is -1.85. The summed E-state index contributed by atoms with van der Waals surface area (Å²) in [6.45, 7) is 0. The second-order valence-electron chi connectivity index (χ2n) is 4.58. The monoisotopic (exact) mass is 295 g/mol. The Kier molecular flexibility index (Phi) is 3.93. The van der Waals surface area contributed by atoms with E-state index >= 15 is 0 Å². The molecule has 3 aromatic rings. The van der Waals surface area contributed by atoms with E-state index in [1.54, 1.807) is 25.6 Å². The minimum atomic E-state index is 0.861. The average molecular weight is 295 g/mol. The van der Waals surface area contributed by atoms with Crippen molar-refractivity contribution in [2.45, 2.75) is 0 Å². The molecular formula is C18H15O2S. The van der Waals surface area contributed by atoms with Gasteiger partial charge in [-0.2, -0.15) is 0 Å². The first-order valence-electron chi connectivity index (χ1n) is 6.60. The summed E-state index contributed by atoms with van der Waals surface area (Å²) >= 11 is 1.59. The zero-order chi connectivity index (χ0) is 14.7. The molecule has 3 heteroatoms. The normalized spacial score (nSPS) is 10.4. The quantitative estimate of drug-likeness (QED) is 0.681. The fourth-order valence-electron chi connectivity index (χ4n) is 2.22. The highest BCUT2D eigenvalue weighted by Gasteiger charge is 2.09. The molecule has 0 saturated carbocycles. The van der Waals surface area contributed by atoms with Crippen LogP contribution in [0.2, 0.25) is 0 Å². The lowest BCUT2D eigenvalue weighted by atomic mass is 9.99. The van der Waals surface area contributed by atoms with Crippen molar-refractivity contribution in [3.05, 3.63) is 59.3 Å². The second-order valence-corrected chi connectivity index (χ2v) is 5.26. The first-order valence-corrected chi connectivity index (χ1v) is 7.48. The van der Waals surface area contributed by atoms with Gasteiger partial charge >= 0.3 is 0 Å². The number of ether oxygens (including phenoxy) is 2. The van der Waals surface area contributed by atoms with Gasteiger partial charge in [0.1, 0.15) is 11.5 Å². The van der Waals surface area contributed by atoms with E-state index in [9.17, 15) is 0 Å². The minimum Gasteiger partial charge on any atom is -0.497 e. The molecule has 1 aromatic heterocycles. The molecule has 0 aliphatic heterocycles. The molecule has 2 aromatic carbocycles. The van der Waals surface area contributed by atoms with Gasteiger partial charge in [0.15, 0.2) is 0 Å². The van der Waals surface area contributed by atoms with Crippen LogP contribution < -0.4 is 9.47 Å². The van der Waals surface area contributed by atoms with Gasteiger partial charge in [-0.05, 0) is 40.8 Å². The van der Waals surface area contributed by atoms with Gasteiger partial charge in [-0.15, -0.1) is 11.3 Å². The van der Waals surface area contributed by atoms with Crippen LogP contribution in [0.15, 0.2) is 53.9 Å². The minimum absolute atomic E-state index is 0.861. The highest BCUT2D eigenvalue weighted by molar-refractivity contribution is 7.08. The van der Waals surface area contributed by atoms with Crippen molar-refractivity contribution in [1.82, 2.24) is 0 Å². The van der Waals surface area contributed by atoms with Crippen LogP contribution >= 0.6 is 11.3 Å². The van der Waals surface area contributed by atoms with Crippen molar-refractivity contribution in [2.24, 2.45) is 0 Å². The third-order valence-electron chi connectivity index (χ3n) is 3.39. The van der Waals surface area contributed by atoms with E-state index < -0.39 is 0 Å². The summed E-state index contributed by atoms with van der Waals surface area (Å²) in [4.78, 5) is 0. The van der Waals surface area contributed by atoms with E-state index in [1.165, 1.54) is 11.1 Å². The van der Waals surface area contributed by atoms with Crippen molar-refractivity contribution < 1.29 is 9.47 Å². The molecule has 0 atom stereocenters. The topological polar surface area (TPSA) is 18.5 Å². The van der Waals surface area contributed by atoms with E-state index in [0.717, 1.165) is 22.6 Å². The molecule has 0 bridgehead atoms. The van der Waals surface area contributed by atoms with E-state index in [-0.39, 0.29) is 0 Å². The van der Waals surface area contributed by atoms with Gasteiger partial charge in [0.2, 0.25) is 0 Å². The Bertz CT molecular complexity index is 650. The lowest BCUT2D eigenvalue weighted by molar-refractivity contribution is 0.414. The van der Waals surface area contributed by atoms with Crippen LogP contribution in [-0.4, -0.2) is 14.2 Å². The van der Waals surface area contributed by atoms with Crippen LogP contribution in [-0.2, 0) is 0 Å². The molecule has 105 valence electrons. The SMILES string of the molecule is COc1ccc(-c2[c]scc2-c2ccc(OC)cc2)cc1. The van der Waals surface area contributed by atoms with Crippen molar-refractivity contribution in [1.29, 1.82) is 0 Å². The summed E-state index contributed by atoms with van der Waals surface area (Å²) in [7, 11) is 3.35. The predicted molar refractivity (Wildman–Crippen MR) is 87.1 cm³/mol. The van der Waals surface area contributed by atoms with Crippen molar-refractivity contribution in [2.75, 3.05) is 14.2 Å². The summed E-state index contributed by atoms with van der Waals surface area (Å²) < 4.78 is 10.4. The van der Waals surface area contributed by atoms with Gasteiger partial charge in [-0.3, -0.25) is 0 Å². The van der Waals surface area contributed by atoms with Crippen LogP contribution in [0.3, 0.4) is 0 Å². The Morgan fingerprint density at radius 2 is 1.29 bits per heavy atom. The largest absolute Gasteiger partial charge is 0.497 e. The molecule has 0 unspecified atom stereocenters. The van der Waals surface area contributed by atoms with Gasteiger partial charge in [0.25, 0.3) is 0 Å². The van der Waals surface area contributed by atoms with Crippen LogP contribution in [0.5, 0.6) is 11.5 Å². The van der Waals surface area contributed by atoms with E-state index in [0.29, 0.717) is 0 Å². The fourth-order valence-corrected chi connectivity index (χ4v) is 2.99. The Morgan fingerprint density at radius 1 is 0.762 bits per heavy atom. The Balaban J connectivity index is 1.99. The number of hydrogen-bond acceptors (Lipinski definition) is 3. The summed E-state index contributed by atoms with van der Waals surface area (Å²) in [5.74, 6) is 1.73. The summed E-state index contributed by atoms with van der Waals surface area (Å²) in [5.41, 5.74) is 4.61. The summed E-state index contributed by atoms with van der Waals surface area (Å²) in [5, 5.41) is 5.48. The van der Waals surface area contributed by atoms with Gasteiger partial charge in [0.05, 0.1) is 19.6 Å². The molecule has 1 radical (unpaired) electrons. The Hall–Kier alpha value is -2.26. The summed E-state index contributed by atoms with van der Waals surface area (Å²) in [6.07, 6.45) is 0. The molecule has 0 spiro atoms. The maximum absolute atomic E-state index is 5.21. The second kappa shape index (κ2) is 6.02. The molecule has 0 aliphatic rings. The van der Waals surface area contributed by atoms with E-state index in [4.69, 9.17) is 9.47 Å². The maximum Gasteiger partial charge on any atom is 0.118 e. The van der Waals surface area contributed by atoms with E-state index in [2.05, 4.69) is 35.0 Å². The smallest absolute Gasteiger partial charge is 0.118 e. The molecule has 0 fully saturated rings. The molecule has 3 rings (SSSR count). The van der Waals surface area contributed by atoms with E-state index in [1.807, 2.05) is 24.3 Å².